The first-order valence-electron chi connectivity index (χ1n) is 14.5. The quantitative estimate of drug-likeness (QED) is 0.120. The molecule has 0 radical (unpaired) electrons. The third-order valence-electron chi connectivity index (χ3n) is 7.23. The Morgan fingerprint density at radius 3 is 2.62 bits per heavy atom. The fourth-order valence-corrected chi connectivity index (χ4v) is 6.78. The molecular formula is C33H32Cl2N2O6S2. The van der Waals surface area contributed by atoms with E-state index in [4.69, 9.17) is 54.7 Å². The summed E-state index contributed by atoms with van der Waals surface area (Å²) in [6.07, 6.45) is 2.29. The number of thioether (sulfide) groups is 1. The van der Waals surface area contributed by atoms with Gasteiger partial charge in [0.2, 0.25) is 0 Å². The summed E-state index contributed by atoms with van der Waals surface area (Å²) in [6.45, 7) is 5.16. The SMILES string of the molecule is O=C(O)Cc1cccc(OCCCN2C(=O)/C(=C/c3cc(-c4ccc(Cl)cc4Cl)ccc3OCCN3CCOCC3)SC2=S)c1. The van der Waals surface area contributed by atoms with Crippen molar-refractivity contribution in [2.75, 3.05) is 52.6 Å². The van der Waals surface area contributed by atoms with E-state index < -0.39 is 5.97 Å². The van der Waals surface area contributed by atoms with Crippen LogP contribution in [0.1, 0.15) is 17.5 Å². The van der Waals surface area contributed by atoms with E-state index in [1.165, 1.54) is 11.8 Å². The van der Waals surface area contributed by atoms with Crippen LogP contribution in [-0.2, 0) is 20.7 Å². The molecule has 0 atom stereocenters. The van der Waals surface area contributed by atoms with Gasteiger partial charge < -0.3 is 19.3 Å². The number of rotatable bonds is 13. The van der Waals surface area contributed by atoms with Crippen LogP contribution in [0.15, 0.2) is 65.6 Å². The van der Waals surface area contributed by atoms with Crippen LogP contribution in [-0.4, -0.2) is 83.7 Å². The Balaban J connectivity index is 1.28. The highest BCUT2D eigenvalue weighted by Gasteiger charge is 2.32. The van der Waals surface area contributed by atoms with Crippen LogP contribution >= 0.6 is 47.2 Å². The maximum Gasteiger partial charge on any atom is 0.307 e. The van der Waals surface area contributed by atoms with Crippen molar-refractivity contribution in [2.24, 2.45) is 0 Å². The first-order chi connectivity index (χ1) is 21.8. The van der Waals surface area contributed by atoms with Crippen LogP contribution in [0, 0.1) is 0 Å². The Kier molecular flexibility index (Phi) is 11.8. The highest BCUT2D eigenvalue weighted by molar-refractivity contribution is 8.26. The summed E-state index contributed by atoms with van der Waals surface area (Å²) in [5, 5.41) is 10.1. The fourth-order valence-electron chi connectivity index (χ4n) is 4.96. The molecule has 236 valence electrons. The van der Waals surface area contributed by atoms with Crippen LogP contribution in [0.3, 0.4) is 0 Å². The lowest BCUT2D eigenvalue weighted by molar-refractivity contribution is -0.136. The van der Waals surface area contributed by atoms with Crippen molar-refractivity contribution in [2.45, 2.75) is 12.8 Å². The van der Waals surface area contributed by atoms with E-state index in [9.17, 15) is 9.59 Å². The largest absolute Gasteiger partial charge is 0.494 e. The van der Waals surface area contributed by atoms with Crippen molar-refractivity contribution < 1.29 is 28.9 Å². The molecule has 12 heteroatoms. The van der Waals surface area contributed by atoms with Crippen LogP contribution in [0.25, 0.3) is 17.2 Å². The number of morpholine rings is 1. The van der Waals surface area contributed by atoms with E-state index in [1.807, 2.05) is 30.3 Å². The highest BCUT2D eigenvalue weighted by atomic mass is 35.5. The molecule has 0 aromatic heterocycles. The van der Waals surface area contributed by atoms with Crippen LogP contribution in [0.2, 0.25) is 10.0 Å². The maximum absolute atomic E-state index is 13.5. The summed E-state index contributed by atoms with van der Waals surface area (Å²) in [7, 11) is 0. The number of thiocarbonyl (C=S) groups is 1. The molecule has 0 saturated carbocycles. The average Bonchev–Trinajstić information content (AvgIpc) is 3.27. The van der Waals surface area contributed by atoms with Crippen molar-refractivity contribution >= 4 is 69.5 Å². The zero-order valence-electron chi connectivity index (χ0n) is 24.4. The summed E-state index contributed by atoms with van der Waals surface area (Å²) in [5.74, 6) is 0.158. The molecule has 45 heavy (non-hydrogen) atoms. The van der Waals surface area contributed by atoms with Gasteiger partial charge in [-0.15, -0.1) is 0 Å². The van der Waals surface area contributed by atoms with E-state index in [0.717, 1.165) is 49.5 Å². The molecule has 8 nitrogen and oxygen atoms in total. The number of carboxylic acid groups (broad SMARTS) is 1. The number of carbonyl (C=O) groups excluding carboxylic acids is 1. The van der Waals surface area contributed by atoms with E-state index >= 15 is 0 Å². The Labute approximate surface area is 281 Å². The van der Waals surface area contributed by atoms with Crippen LogP contribution in [0.5, 0.6) is 11.5 Å². The van der Waals surface area contributed by atoms with Crippen LogP contribution < -0.4 is 9.47 Å². The normalized spacial score (nSPS) is 16.4. The van der Waals surface area contributed by atoms with Crippen LogP contribution in [0.4, 0.5) is 0 Å². The molecule has 2 aliphatic rings. The minimum absolute atomic E-state index is 0.0731. The van der Waals surface area contributed by atoms with E-state index in [1.54, 1.807) is 41.3 Å². The Bertz CT molecular complexity index is 1600. The molecule has 0 spiro atoms. The fraction of sp³-hybridized carbons (Fsp3) is 0.303. The van der Waals surface area contributed by atoms with Crippen molar-refractivity contribution in [3.05, 3.63) is 86.7 Å². The maximum atomic E-state index is 13.5. The van der Waals surface area contributed by atoms with Crippen molar-refractivity contribution in [1.29, 1.82) is 0 Å². The number of hydrogen-bond donors (Lipinski definition) is 1. The first kappa shape index (κ1) is 33.2. The second kappa shape index (κ2) is 15.9. The van der Waals surface area contributed by atoms with Gasteiger partial charge in [-0.3, -0.25) is 19.4 Å². The zero-order chi connectivity index (χ0) is 31.8. The monoisotopic (exact) mass is 686 g/mol. The van der Waals surface area contributed by atoms with E-state index in [0.29, 0.717) is 62.5 Å². The number of benzene rings is 3. The molecule has 3 aromatic rings. The van der Waals surface area contributed by atoms with Crippen molar-refractivity contribution in [3.63, 3.8) is 0 Å². The van der Waals surface area contributed by atoms with E-state index in [-0.39, 0.29) is 12.3 Å². The minimum Gasteiger partial charge on any atom is -0.494 e. The third kappa shape index (κ3) is 9.22. The first-order valence-corrected chi connectivity index (χ1v) is 16.5. The molecule has 2 aliphatic heterocycles. The topological polar surface area (TPSA) is 88.5 Å². The lowest BCUT2D eigenvalue weighted by atomic mass is 10.0. The van der Waals surface area contributed by atoms with Gasteiger partial charge in [0, 0.05) is 47.4 Å². The van der Waals surface area contributed by atoms with Gasteiger partial charge in [-0.1, -0.05) is 71.4 Å². The molecule has 3 aromatic carbocycles. The standard InChI is InChI=1S/C33H32Cl2N2O6S2/c34-25-6-7-27(28(35)21-25)23-5-8-29(43-16-12-36-10-14-41-15-11-36)24(19-23)20-30-32(40)37(33(44)45-30)9-2-13-42-26-4-1-3-22(17-26)18-31(38)39/h1,3-8,17,19-21H,2,9-16,18H2,(H,38,39)/b30-20-. The average molecular weight is 688 g/mol. The Morgan fingerprint density at radius 1 is 1.02 bits per heavy atom. The molecule has 0 bridgehead atoms. The lowest BCUT2D eigenvalue weighted by Gasteiger charge is -2.26. The zero-order valence-corrected chi connectivity index (χ0v) is 27.5. The molecule has 5 rings (SSSR count). The summed E-state index contributed by atoms with van der Waals surface area (Å²) in [4.78, 5) is 28.8. The molecule has 0 unspecified atom stereocenters. The Hall–Kier alpha value is -3.12. The van der Waals surface area contributed by atoms with Crippen molar-refractivity contribution in [1.82, 2.24) is 9.80 Å². The highest BCUT2D eigenvalue weighted by Crippen LogP contribution is 2.37. The van der Waals surface area contributed by atoms with Gasteiger partial charge in [-0.25, -0.2) is 0 Å². The molecule has 1 amide bonds. The van der Waals surface area contributed by atoms with Gasteiger partial charge in [0.25, 0.3) is 5.91 Å². The second-order valence-corrected chi connectivity index (χ2v) is 13.0. The van der Waals surface area contributed by atoms with E-state index in [2.05, 4.69) is 4.90 Å². The number of carboxylic acids is 1. The van der Waals surface area contributed by atoms with Gasteiger partial charge in [0.1, 0.15) is 22.4 Å². The molecule has 2 heterocycles. The smallest absolute Gasteiger partial charge is 0.307 e. The number of aliphatic carboxylic acids is 1. The number of amides is 1. The van der Waals surface area contributed by atoms with Crippen molar-refractivity contribution in [3.8, 4) is 22.6 Å². The minimum atomic E-state index is -0.901. The summed E-state index contributed by atoms with van der Waals surface area (Å²) < 4.78 is 18.0. The third-order valence-corrected chi connectivity index (χ3v) is 9.16. The lowest BCUT2D eigenvalue weighted by Crippen LogP contribution is -2.38. The number of nitrogens with zero attached hydrogens (tertiary/aromatic N) is 2. The van der Waals surface area contributed by atoms with Gasteiger partial charge in [-0.05, 0) is 60.0 Å². The van der Waals surface area contributed by atoms with Gasteiger partial charge >= 0.3 is 5.97 Å². The predicted octanol–water partition coefficient (Wildman–Crippen LogP) is 6.67. The molecular weight excluding hydrogens is 655 g/mol. The van der Waals surface area contributed by atoms with Gasteiger partial charge in [0.15, 0.2) is 0 Å². The number of halogens is 2. The molecule has 1 N–H and O–H groups in total. The molecule has 2 saturated heterocycles. The Morgan fingerprint density at radius 2 is 1.84 bits per heavy atom. The molecule has 2 fully saturated rings. The number of hydrogen-bond acceptors (Lipinski definition) is 8. The van der Waals surface area contributed by atoms with Gasteiger partial charge in [-0.2, -0.15) is 0 Å². The number of carbonyl (C=O) groups is 2. The molecule has 0 aliphatic carbocycles. The summed E-state index contributed by atoms with van der Waals surface area (Å²) >= 11 is 19.5. The summed E-state index contributed by atoms with van der Waals surface area (Å²) in [6, 6.07) is 18.1. The summed E-state index contributed by atoms with van der Waals surface area (Å²) in [5.41, 5.74) is 3.08. The van der Waals surface area contributed by atoms with Gasteiger partial charge in [0.05, 0.1) is 31.1 Å². The second-order valence-electron chi connectivity index (χ2n) is 10.4. The predicted molar refractivity (Wildman–Crippen MR) is 182 cm³/mol. The number of ether oxygens (including phenoxy) is 3.